The number of fused-ring (bicyclic) bond motifs is 5. The predicted octanol–water partition coefficient (Wildman–Crippen LogP) is 27.0. The van der Waals surface area contributed by atoms with Gasteiger partial charge in [0, 0.05) is 73.4 Å². The second-order valence-electron chi connectivity index (χ2n) is 37.7. The zero-order valence-corrected chi connectivity index (χ0v) is 77.9. The van der Waals surface area contributed by atoms with Gasteiger partial charge in [-0.15, -0.1) is 0 Å². The van der Waals surface area contributed by atoms with Crippen molar-refractivity contribution in [1.82, 2.24) is 34.9 Å². The van der Waals surface area contributed by atoms with E-state index >= 15 is 0 Å². The SMILES string of the molecule is Cc1nc2c(ccc3cc(-c4ccc(OCc5cccc(-c6cccc(-c7cccc(Cc8ccc(C(c9ccc(C(C)(C)C)cc9)(c9ccc(C(C)(C)C)cc9)c9ccc(C(C)(C)C)cc9)cc8)n7)n6)n5)cc4)c(C)nc32)cc1-c1ccc(OCc2cc3cc(c2)OCCOCCOc2ccc(cc2)-c2ccc4ccc5ccc(nc5c4n2)-c2ccc(cc2)OCCOCCO3)cc1. The Morgan fingerprint density at radius 2 is 0.590 bits per heavy atom. The lowest BCUT2D eigenvalue weighted by atomic mass is 9.64. The molecule has 0 amide bonds. The van der Waals surface area contributed by atoms with E-state index in [-0.39, 0.29) is 29.5 Å². The van der Waals surface area contributed by atoms with E-state index < -0.39 is 5.41 Å². The molecule has 134 heavy (non-hydrogen) atoms. The Bertz CT molecular complexity index is 6980. The van der Waals surface area contributed by atoms with Crippen LogP contribution >= 0.6 is 0 Å². The molecule has 11 aromatic carbocycles. The van der Waals surface area contributed by atoms with Crippen LogP contribution in [0.15, 0.2) is 328 Å². The molecule has 0 fully saturated rings. The third-order valence-electron chi connectivity index (χ3n) is 25.2. The fourth-order valence-corrected chi connectivity index (χ4v) is 17.8. The van der Waals surface area contributed by atoms with E-state index in [0.29, 0.717) is 76.5 Å². The molecular weight excluding hydrogens is 1660 g/mol. The molecule has 0 atom stereocenters. The van der Waals surface area contributed by atoms with Gasteiger partial charge in [-0.2, -0.15) is 0 Å². The summed E-state index contributed by atoms with van der Waals surface area (Å²) in [6.45, 7) is 28.0. The zero-order chi connectivity index (χ0) is 92.1. The molecule has 7 aromatic heterocycles. The van der Waals surface area contributed by atoms with Crippen LogP contribution in [0.3, 0.4) is 0 Å². The number of ether oxygens (including phenoxy) is 8. The van der Waals surface area contributed by atoms with Crippen LogP contribution in [-0.4, -0.2) is 87.7 Å². The van der Waals surface area contributed by atoms with Crippen LogP contribution in [0.1, 0.15) is 135 Å². The molecule has 3 aliphatic heterocycles. The van der Waals surface area contributed by atoms with E-state index in [1.54, 1.807) is 0 Å². The molecule has 10 bridgehead atoms. The summed E-state index contributed by atoms with van der Waals surface area (Å²) in [5, 5.41) is 4.04. The van der Waals surface area contributed by atoms with Crippen LogP contribution in [0.5, 0.6) is 34.5 Å². The van der Waals surface area contributed by atoms with Crippen molar-refractivity contribution in [3.05, 3.63) is 400 Å². The van der Waals surface area contributed by atoms with Gasteiger partial charge in [0.25, 0.3) is 0 Å². The number of hydrogen-bond acceptors (Lipinski definition) is 15. The average molecular weight is 1770 g/mol. The van der Waals surface area contributed by atoms with Gasteiger partial charge in [0.05, 0.1) is 93.8 Å². The summed E-state index contributed by atoms with van der Waals surface area (Å²) in [6.07, 6.45) is 0.649. The maximum absolute atomic E-state index is 6.46. The van der Waals surface area contributed by atoms with E-state index in [9.17, 15) is 0 Å². The number of rotatable bonds is 16. The van der Waals surface area contributed by atoms with Crippen molar-refractivity contribution in [3.63, 3.8) is 0 Å². The Kier molecular flexibility index (Phi) is 25.2. The zero-order valence-electron chi connectivity index (χ0n) is 77.9. The molecule has 15 nitrogen and oxygen atoms in total. The van der Waals surface area contributed by atoms with Gasteiger partial charge in [0.1, 0.15) is 74.1 Å². The average Bonchev–Trinajstić information content (AvgIpc) is 0.725. The Balaban J connectivity index is 0.478. The largest absolute Gasteiger partial charge is 0.491 e. The van der Waals surface area contributed by atoms with Crippen molar-refractivity contribution >= 4 is 43.6 Å². The molecule has 0 radical (unpaired) electrons. The lowest BCUT2D eigenvalue weighted by molar-refractivity contribution is 0.0746. The van der Waals surface area contributed by atoms with Gasteiger partial charge in [0.15, 0.2) is 0 Å². The van der Waals surface area contributed by atoms with Gasteiger partial charge in [-0.3, -0.25) is 15.0 Å². The van der Waals surface area contributed by atoms with Gasteiger partial charge in [-0.1, -0.05) is 238 Å². The number of benzene rings is 11. The molecule has 15 heteroatoms. The molecule has 0 saturated heterocycles. The predicted molar refractivity (Wildman–Crippen MR) is 538 cm³/mol. The fraction of sp³-hybridized carbons (Fsp3) is 0.218. The minimum atomic E-state index is -0.611. The molecule has 21 rings (SSSR count). The molecule has 0 N–H and O–H groups in total. The second kappa shape index (κ2) is 38.2. The molecule has 0 unspecified atom stereocenters. The smallest absolute Gasteiger partial charge is 0.130 e. The van der Waals surface area contributed by atoms with Crippen molar-refractivity contribution in [3.8, 4) is 102 Å². The van der Waals surface area contributed by atoms with Gasteiger partial charge >= 0.3 is 0 Å². The van der Waals surface area contributed by atoms with Gasteiger partial charge in [0.2, 0.25) is 0 Å². The Morgan fingerprint density at radius 3 is 1.01 bits per heavy atom. The van der Waals surface area contributed by atoms with Crippen molar-refractivity contribution in [2.45, 2.75) is 117 Å². The topological polar surface area (TPSA) is 164 Å². The standard InChI is InChI=1S/C119H109N7O8/c1-77-104(81-27-51-100(52-28-81)133-75-80-70-102-74-103(71-80)132-68-64-128-62-66-130-99-57-33-84(34-58-99)107-60-36-86-24-23-85-35-59-106(125-112(85)113(86)126-107)83-31-55-98(56-32-83)129-65-61-127-63-67-131-102)72-87-25-26-88-73-105(78(2)121-115(88)114(87)120-77)82-29-53-101(54-30-82)134-76-97-16-13-18-109(123-97)111-20-14-19-110(124-111)108-17-12-15-96(122-108)69-79-21-37-92(38-22-79)119(93-45-39-89(40-46-93)116(3,4)5,94-47-41-90(42-48-94)117(6,7)8)95-49-43-91(44-50-95)118(9,10)11/h12-60,70-74H,61-69,75-76H2,1-11H3. The van der Waals surface area contributed by atoms with Crippen LogP contribution < -0.4 is 28.4 Å². The Hall–Kier alpha value is -14.8. The first-order valence-electron chi connectivity index (χ1n) is 46.2. The fourth-order valence-electron chi connectivity index (χ4n) is 17.8. The lowest BCUT2D eigenvalue weighted by Gasteiger charge is -2.38. The molecule has 0 spiro atoms. The van der Waals surface area contributed by atoms with E-state index in [1.165, 1.54) is 44.5 Å². The second-order valence-corrected chi connectivity index (χ2v) is 37.7. The summed E-state index contributed by atoms with van der Waals surface area (Å²) in [6, 6.07) is 115. The summed E-state index contributed by atoms with van der Waals surface area (Å²) >= 11 is 0. The number of aromatic nitrogens is 7. The first kappa shape index (κ1) is 88.5. The maximum atomic E-state index is 6.46. The normalized spacial score (nSPS) is 13.2. The highest BCUT2D eigenvalue weighted by Gasteiger charge is 2.40. The number of aryl methyl sites for hydroxylation is 2. The van der Waals surface area contributed by atoms with Gasteiger partial charge < -0.3 is 37.9 Å². The van der Waals surface area contributed by atoms with Crippen LogP contribution in [0.25, 0.3) is 111 Å². The maximum Gasteiger partial charge on any atom is 0.130 e. The lowest BCUT2D eigenvalue weighted by Crippen LogP contribution is -2.31. The van der Waals surface area contributed by atoms with Crippen molar-refractivity contribution in [2.75, 3.05) is 52.9 Å². The molecule has 0 saturated carbocycles. The molecule has 0 aliphatic carbocycles. The highest BCUT2D eigenvalue weighted by Crippen LogP contribution is 2.48. The summed E-state index contributed by atoms with van der Waals surface area (Å²) < 4.78 is 49.6. The molecule has 3 aliphatic rings. The number of hydrogen-bond donors (Lipinski definition) is 0. The quantitative estimate of drug-likeness (QED) is 0.0662. The van der Waals surface area contributed by atoms with Gasteiger partial charge in [-0.25, -0.2) is 19.9 Å². The monoisotopic (exact) mass is 1760 g/mol. The summed E-state index contributed by atoms with van der Waals surface area (Å²) in [4.78, 5) is 36.2. The Morgan fingerprint density at radius 1 is 0.254 bits per heavy atom. The highest BCUT2D eigenvalue weighted by atomic mass is 16.6. The van der Waals surface area contributed by atoms with Crippen LogP contribution in [0.4, 0.5) is 0 Å². The minimum absolute atomic E-state index is 0.00785. The van der Waals surface area contributed by atoms with Crippen molar-refractivity contribution in [1.29, 1.82) is 0 Å². The first-order chi connectivity index (χ1) is 65.0. The Labute approximate surface area is 784 Å². The minimum Gasteiger partial charge on any atom is -0.491 e. The van der Waals surface area contributed by atoms with Crippen molar-refractivity contribution < 1.29 is 37.9 Å². The molecule has 668 valence electrons. The third kappa shape index (κ3) is 19.7. The summed E-state index contributed by atoms with van der Waals surface area (Å²) in [5.41, 5.74) is 28.0. The van der Waals surface area contributed by atoms with E-state index in [1.807, 2.05) is 146 Å². The van der Waals surface area contributed by atoms with E-state index in [4.69, 9.17) is 72.8 Å². The highest BCUT2D eigenvalue weighted by molar-refractivity contribution is 6.06. The molecule has 10 heterocycles. The third-order valence-corrected chi connectivity index (χ3v) is 25.2. The summed E-state index contributed by atoms with van der Waals surface area (Å²) in [7, 11) is 0. The first-order valence-corrected chi connectivity index (χ1v) is 46.2. The van der Waals surface area contributed by atoms with E-state index in [2.05, 4.69) is 258 Å². The van der Waals surface area contributed by atoms with Gasteiger partial charge in [-0.05, 0) is 237 Å². The number of nitrogens with zero attached hydrogens (tertiary/aromatic N) is 7. The van der Waals surface area contributed by atoms with E-state index in [0.717, 1.165) is 157 Å². The molecular formula is C119H109N7O8. The van der Waals surface area contributed by atoms with Crippen LogP contribution in [-0.2, 0) is 50.8 Å². The number of pyridine rings is 7. The molecule has 18 aromatic rings. The summed E-state index contributed by atoms with van der Waals surface area (Å²) in [5.74, 6) is 4.17. The van der Waals surface area contributed by atoms with Crippen LogP contribution in [0, 0.1) is 13.8 Å². The van der Waals surface area contributed by atoms with Crippen molar-refractivity contribution in [2.24, 2.45) is 0 Å². The van der Waals surface area contributed by atoms with Crippen LogP contribution in [0.2, 0.25) is 0 Å².